The van der Waals surface area contributed by atoms with Gasteiger partial charge in [-0.3, -0.25) is 14.4 Å². The largest absolute Gasteiger partial charge is 0.354 e. The first-order valence-corrected chi connectivity index (χ1v) is 12.7. The number of aryl methyl sites for hydroxylation is 2. The summed E-state index contributed by atoms with van der Waals surface area (Å²) in [6.07, 6.45) is 8.54. The van der Waals surface area contributed by atoms with Gasteiger partial charge in [-0.05, 0) is 44.1 Å². The van der Waals surface area contributed by atoms with E-state index < -0.39 is 0 Å². The van der Waals surface area contributed by atoms with Crippen LogP contribution in [0.4, 0.5) is 0 Å². The molecule has 2 aliphatic carbocycles. The molecule has 0 spiro atoms. The Balaban J connectivity index is 1.20. The maximum Gasteiger partial charge on any atom is 0.259 e. The summed E-state index contributed by atoms with van der Waals surface area (Å²) >= 11 is 3.06. The summed E-state index contributed by atoms with van der Waals surface area (Å²) in [5.41, 5.74) is 1.13. The zero-order chi connectivity index (χ0) is 20.9. The monoisotopic (exact) mass is 448 g/mol. The Labute approximate surface area is 183 Å². The molecule has 0 saturated heterocycles. The van der Waals surface area contributed by atoms with Gasteiger partial charge in [-0.15, -0.1) is 23.1 Å². The summed E-state index contributed by atoms with van der Waals surface area (Å²) in [5, 5.41) is 6.49. The number of thioether (sulfide) groups is 1. The maximum absolute atomic E-state index is 12.5. The van der Waals surface area contributed by atoms with Crippen LogP contribution >= 0.6 is 23.1 Å². The number of H-pyrrole nitrogens is 1. The zero-order valence-electron chi connectivity index (χ0n) is 17.1. The van der Waals surface area contributed by atoms with Crippen LogP contribution in [-0.2, 0) is 28.2 Å². The van der Waals surface area contributed by atoms with E-state index in [-0.39, 0.29) is 23.3 Å². The molecule has 1 saturated carbocycles. The summed E-state index contributed by atoms with van der Waals surface area (Å²) < 4.78 is 0. The van der Waals surface area contributed by atoms with E-state index in [0.717, 1.165) is 55.2 Å². The molecule has 3 N–H and O–H groups in total. The third-order valence-corrected chi connectivity index (χ3v) is 7.95. The number of rotatable bonds is 8. The van der Waals surface area contributed by atoms with E-state index in [1.807, 2.05) is 0 Å². The van der Waals surface area contributed by atoms with Gasteiger partial charge in [0.25, 0.3) is 5.56 Å². The number of nitrogens with one attached hydrogen (secondary N) is 3. The van der Waals surface area contributed by atoms with Gasteiger partial charge in [0.15, 0.2) is 0 Å². The minimum Gasteiger partial charge on any atom is -0.354 e. The van der Waals surface area contributed by atoms with Crippen LogP contribution in [0.25, 0.3) is 10.2 Å². The molecule has 0 aliphatic heterocycles. The van der Waals surface area contributed by atoms with Crippen LogP contribution in [0.2, 0.25) is 0 Å². The SMILES string of the molecule is O=C(CSCc1nc2sc3c(c2c(=O)[nH]1)CCCC3)NCCNC(=O)C1CCCC1. The van der Waals surface area contributed by atoms with E-state index in [9.17, 15) is 14.4 Å². The van der Waals surface area contributed by atoms with Crippen LogP contribution < -0.4 is 16.2 Å². The molecule has 0 aromatic carbocycles. The highest BCUT2D eigenvalue weighted by Gasteiger charge is 2.22. The molecule has 0 unspecified atom stereocenters. The Morgan fingerprint density at radius 2 is 1.87 bits per heavy atom. The quantitative estimate of drug-likeness (QED) is 0.539. The first-order chi connectivity index (χ1) is 14.6. The van der Waals surface area contributed by atoms with Gasteiger partial charge in [-0.1, -0.05) is 12.8 Å². The van der Waals surface area contributed by atoms with Crippen molar-refractivity contribution in [2.45, 2.75) is 57.1 Å². The highest BCUT2D eigenvalue weighted by molar-refractivity contribution is 7.99. The van der Waals surface area contributed by atoms with Crippen LogP contribution in [0, 0.1) is 5.92 Å². The molecular weight excluding hydrogens is 420 g/mol. The lowest BCUT2D eigenvalue weighted by atomic mass is 9.97. The average Bonchev–Trinajstić information content (AvgIpc) is 3.39. The molecule has 1 fully saturated rings. The molecule has 9 heteroatoms. The lowest BCUT2D eigenvalue weighted by Crippen LogP contribution is -2.37. The summed E-state index contributed by atoms with van der Waals surface area (Å²) in [6.45, 7) is 0.889. The molecule has 2 heterocycles. The highest BCUT2D eigenvalue weighted by atomic mass is 32.2. The molecule has 7 nitrogen and oxygen atoms in total. The van der Waals surface area contributed by atoms with Crippen molar-refractivity contribution in [3.63, 3.8) is 0 Å². The van der Waals surface area contributed by atoms with Crippen LogP contribution in [0.5, 0.6) is 0 Å². The maximum atomic E-state index is 12.5. The molecule has 162 valence electrons. The van der Waals surface area contributed by atoms with E-state index >= 15 is 0 Å². The van der Waals surface area contributed by atoms with Gasteiger partial charge in [0.05, 0.1) is 16.9 Å². The minimum atomic E-state index is -0.0786. The van der Waals surface area contributed by atoms with Gasteiger partial charge >= 0.3 is 0 Å². The van der Waals surface area contributed by atoms with Crippen LogP contribution in [0.15, 0.2) is 4.79 Å². The number of aromatic amines is 1. The molecule has 4 rings (SSSR count). The molecule has 2 aliphatic rings. The second kappa shape index (κ2) is 9.96. The van der Waals surface area contributed by atoms with Crippen molar-refractivity contribution in [2.24, 2.45) is 5.92 Å². The van der Waals surface area contributed by atoms with Gasteiger partial charge in [0.1, 0.15) is 10.7 Å². The number of hydrogen-bond acceptors (Lipinski definition) is 6. The fourth-order valence-electron chi connectivity index (χ4n) is 4.29. The summed E-state index contributed by atoms with van der Waals surface area (Å²) in [4.78, 5) is 46.1. The standard InChI is InChI=1S/C21H28N4O3S2/c26-17(22-9-10-23-19(27)13-5-1-2-6-13)12-29-11-16-24-20(28)18-14-7-3-4-8-15(14)30-21(18)25-16/h13H,1-12H2,(H,22,26)(H,23,27)(H,24,25,28). The van der Waals surface area contributed by atoms with Crippen molar-refractivity contribution in [3.8, 4) is 0 Å². The summed E-state index contributed by atoms with van der Waals surface area (Å²) in [6, 6.07) is 0. The van der Waals surface area contributed by atoms with Gasteiger partial charge in [-0.2, -0.15) is 0 Å². The molecule has 2 aromatic rings. The van der Waals surface area contributed by atoms with Crippen molar-refractivity contribution < 1.29 is 9.59 Å². The smallest absolute Gasteiger partial charge is 0.259 e. The zero-order valence-corrected chi connectivity index (χ0v) is 18.7. The van der Waals surface area contributed by atoms with E-state index in [2.05, 4.69) is 20.6 Å². The number of amides is 2. The Hall–Kier alpha value is -1.87. The van der Waals surface area contributed by atoms with E-state index in [1.54, 1.807) is 11.3 Å². The van der Waals surface area contributed by atoms with Crippen LogP contribution in [-0.4, -0.2) is 40.6 Å². The Morgan fingerprint density at radius 1 is 1.10 bits per heavy atom. The lowest BCUT2D eigenvalue weighted by molar-refractivity contribution is -0.125. The molecule has 0 bridgehead atoms. The molecule has 2 aromatic heterocycles. The molecular formula is C21H28N4O3S2. The number of carbonyl (C=O) groups excluding carboxylic acids is 2. The first-order valence-electron chi connectivity index (χ1n) is 10.8. The number of nitrogens with zero attached hydrogens (tertiary/aromatic N) is 1. The first kappa shape index (κ1) is 21.4. The van der Waals surface area contributed by atoms with Gasteiger partial charge in [-0.25, -0.2) is 4.98 Å². The predicted octanol–water partition coefficient (Wildman–Crippen LogP) is 2.52. The number of aromatic nitrogens is 2. The Kier molecular flexibility index (Phi) is 7.09. The summed E-state index contributed by atoms with van der Waals surface area (Å²) in [5.74, 6) is 1.57. The molecule has 2 amide bonds. The molecule has 30 heavy (non-hydrogen) atoms. The van der Waals surface area contributed by atoms with Crippen molar-refractivity contribution in [1.29, 1.82) is 0 Å². The van der Waals surface area contributed by atoms with Gasteiger partial charge < -0.3 is 15.6 Å². The predicted molar refractivity (Wildman–Crippen MR) is 121 cm³/mol. The van der Waals surface area contributed by atoms with Gasteiger partial charge in [0, 0.05) is 23.9 Å². The number of carbonyl (C=O) groups is 2. The highest BCUT2D eigenvalue weighted by Crippen LogP contribution is 2.33. The number of thiophene rings is 1. The van der Waals surface area contributed by atoms with Gasteiger partial charge in [0.2, 0.25) is 11.8 Å². The number of fused-ring (bicyclic) bond motifs is 3. The average molecular weight is 449 g/mol. The van der Waals surface area contributed by atoms with Crippen LogP contribution in [0.3, 0.4) is 0 Å². The van der Waals surface area contributed by atoms with Crippen molar-refractivity contribution in [3.05, 3.63) is 26.6 Å². The van der Waals surface area contributed by atoms with Crippen molar-refractivity contribution >= 4 is 45.1 Å². The fourth-order valence-corrected chi connectivity index (χ4v) is 6.29. The van der Waals surface area contributed by atoms with E-state index in [0.29, 0.717) is 30.4 Å². The van der Waals surface area contributed by atoms with Crippen LogP contribution in [0.1, 0.15) is 54.8 Å². The molecule has 0 radical (unpaired) electrons. The third-order valence-electron chi connectivity index (χ3n) is 5.82. The fraction of sp³-hybridized carbons (Fsp3) is 0.619. The van der Waals surface area contributed by atoms with E-state index in [1.165, 1.54) is 28.6 Å². The Morgan fingerprint density at radius 3 is 2.70 bits per heavy atom. The minimum absolute atomic E-state index is 0.0579. The molecule has 0 atom stereocenters. The normalized spacial score (nSPS) is 16.5. The van der Waals surface area contributed by atoms with Crippen molar-refractivity contribution in [1.82, 2.24) is 20.6 Å². The second-order valence-corrected chi connectivity index (χ2v) is 10.1. The third kappa shape index (κ3) is 5.06. The topological polar surface area (TPSA) is 104 Å². The number of hydrogen-bond donors (Lipinski definition) is 3. The van der Waals surface area contributed by atoms with Crippen molar-refractivity contribution in [2.75, 3.05) is 18.8 Å². The second-order valence-electron chi connectivity index (χ2n) is 8.02. The Bertz CT molecular complexity index is 979. The summed E-state index contributed by atoms with van der Waals surface area (Å²) in [7, 11) is 0. The van der Waals surface area contributed by atoms with E-state index in [4.69, 9.17) is 0 Å². The lowest BCUT2D eigenvalue weighted by Gasteiger charge is -2.10.